The van der Waals surface area contributed by atoms with Crippen LogP contribution in [0.15, 0.2) is 76.5 Å². The molecule has 43 heavy (non-hydrogen) atoms. The Balaban J connectivity index is 1.48. The van der Waals surface area contributed by atoms with Gasteiger partial charge in [0, 0.05) is 14.1 Å². The fourth-order valence-electron chi connectivity index (χ4n) is 4.33. The number of methoxy groups -OCH3 is 1. The van der Waals surface area contributed by atoms with Crippen LogP contribution in [0.25, 0.3) is 0 Å². The second kappa shape index (κ2) is 12.4. The van der Waals surface area contributed by atoms with Crippen LogP contribution in [0.4, 0.5) is 5.69 Å². The summed E-state index contributed by atoms with van der Waals surface area (Å²) in [6.07, 6.45) is -1.11. The van der Waals surface area contributed by atoms with Crippen LogP contribution in [0.1, 0.15) is 26.3 Å². The maximum Gasteiger partial charge on any atom is 0.264 e. The van der Waals surface area contributed by atoms with Gasteiger partial charge >= 0.3 is 0 Å². The van der Waals surface area contributed by atoms with Crippen molar-refractivity contribution >= 4 is 31.6 Å². The van der Waals surface area contributed by atoms with Gasteiger partial charge in [0.05, 0.1) is 35.7 Å². The lowest BCUT2D eigenvalue weighted by molar-refractivity contribution is -0.127. The van der Waals surface area contributed by atoms with E-state index in [2.05, 4.69) is 5.32 Å². The highest BCUT2D eigenvalue weighted by Crippen LogP contribution is 2.40. The van der Waals surface area contributed by atoms with E-state index < -0.39 is 32.1 Å². The van der Waals surface area contributed by atoms with Gasteiger partial charge in [0.25, 0.3) is 15.9 Å². The Labute approximate surface area is 253 Å². The number of hydrogen-bond acceptors (Lipinski definition) is 8. The molecule has 0 aromatic heterocycles. The molecule has 0 fully saturated rings. The van der Waals surface area contributed by atoms with Gasteiger partial charge < -0.3 is 19.5 Å². The molecule has 0 spiro atoms. The Kier molecular flexibility index (Phi) is 9.28. The molecular weight excluding hydrogens is 594 g/mol. The predicted octanol–water partition coefficient (Wildman–Crippen LogP) is 3.39. The lowest BCUT2D eigenvalue weighted by Crippen LogP contribution is -2.51. The number of nitrogens with one attached hydrogen (secondary N) is 1. The quantitative estimate of drug-likeness (QED) is 0.337. The lowest BCUT2D eigenvalue weighted by Gasteiger charge is -2.36. The van der Waals surface area contributed by atoms with E-state index in [1.165, 1.54) is 61.9 Å². The van der Waals surface area contributed by atoms with Crippen molar-refractivity contribution in [2.45, 2.75) is 42.1 Å². The zero-order valence-corrected chi connectivity index (χ0v) is 26.7. The van der Waals surface area contributed by atoms with E-state index >= 15 is 0 Å². The average Bonchev–Trinajstić information content (AvgIpc) is 2.98. The number of hydrogen-bond donors (Lipinski definition) is 1. The summed E-state index contributed by atoms with van der Waals surface area (Å²) in [6, 6.07) is 17.4. The third kappa shape index (κ3) is 7.06. The van der Waals surface area contributed by atoms with E-state index in [0.717, 1.165) is 9.87 Å². The SMILES string of the molecule is COc1ccc(S(=O)(=O)N2CC(C(=O)NCCOc3ccc(S(=O)(=O)N(C)C)cc3)Oc3ccc(C(C)(C)C)cc32)cc1. The third-order valence-corrected chi connectivity index (χ3v) is 10.5. The molecule has 1 aliphatic rings. The second-order valence-electron chi connectivity index (χ2n) is 11.1. The summed E-state index contributed by atoms with van der Waals surface area (Å²) in [4.78, 5) is 13.3. The summed E-state index contributed by atoms with van der Waals surface area (Å²) in [5, 5.41) is 2.74. The van der Waals surface area contributed by atoms with Crippen molar-refractivity contribution in [3.8, 4) is 17.2 Å². The summed E-state index contributed by atoms with van der Waals surface area (Å²) in [5.74, 6) is 0.726. The first-order valence-corrected chi connectivity index (χ1v) is 16.4. The molecule has 13 heteroatoms. The van der Waals surface area contributed by atoms with E-state index in [4.69, 9.17) is 14.2 Å². The topological polar surface area (TPSA) is 132 Å². The Morgan fingerprint density at radius 1 is 0.953 bits per heavy atom. The van der Waals surface area contributed by atoms with Crippen LogP contribution in [0, 0.1) is 0 Å². The highest BCUT2D eigenvalue weighted by molar-refractivity contribution is 7.92. The van der Waals surface area contributed by atoms with Gasteiger partial charge in [0.2, 0.25) is 10.0 Å². The first kappa shape index (κ1) is 32.1. The second-order valence-corrected chi connectivity index (χ2v) is 15.2. The summed E-state index contributed by atoms with van der Waals surface area (Å²) in [6.45, 7) is 6.05. The maximum absolute atomic E-state index is 13.9. The number of rotatable bonds is 10. The van der Waals surface area contributed by atoms with Crippen LogP contribution in [-0.2, 0) is 30.3 Å². The highest BCUT2D eigenvalue weighted by Gasteiger charge is 2.38. The van der Waals surface area contributed by atoms with Gasteiger partial charge in [-0.15, -0.1) is 0 Å². The fraction of sp³-hybridized carbons (Fsp3) is 0.367. The van der Waals surface area contributed by atoms with Crippen molar-refractivity contribution in [1.29, 1.82) is 0 Å². The summed E-state index contributed by atoms with van der Waals surface area (Å²) < 4.78 is 71.3. The number of carbonyl (C=O) groups is 1. The molecule has 0 bridgehead atoms. The van der Waals surface area contributed by atoms with E-state index in [-0.39, 0.29) is 40.7 Å². The monoisotopic (exact) mass is 631 g/mol. The van der Waals surface area contributed by atoms with E-state index in [9.17, 15) is 21.6 Å². The van der Waals surface area contributed by atoms with Gasteiger partial charge in [-0.25, -0.2) is 21.1 Å². The number of fused-ring (bicyclic) bond motifs is 1. The molecule has 0 saturated heterocycles. The van der Waals surface area contributed by atoms with Crippen LogP contribution in [0.2, 0.25) is 0 Å². The van der Waals surface area contributed by atoms with E-state index in [1.54, 1.807) is 24.3 Å². The van der Waals surface area contributed by atoms with Crippen molar-refractivity contribution in [3.63, 3.8) is 0 Å². The normalized spacial score (nSPS) is 15.4. The number of amides is 1. The highest BCUT2D eigenvalue weighted by atomic mass is 32.2. The van der Waals surface area contributed by atoms with Gasteiger partial charge in [-0.1, -0.05) is 26.8 Å². The molecule has 0 radical (unpaired) electrons. The number of carbonyl (C=O) groups excluding carboxylic acids is 1. The molecule has 1 aliphatic heterocycles. The van der Waals surface area contributed by atoms with E-state index in [0.29, 0.717) is 17.2 Å². The molecular formula is C30H37N3O8S2. The first-order chi connectivity index (χ1) is 20.1. The summed E-state index contributed by atoms with van der Waals surface area (Å²) in [5.41, 5.74) is 1.02. The minimum atomic E-state index is -4.06. The number of anilines is 1. The fourth-order valence-corrected chi connectivity index (χ4v) is 6.70. The van der Waals surface area contributed by atoms with Crippen LogP contribution >= 0.6 is 0 Å². The first-order valence-electron chi connectivity index (χ1n) is 13.6. The lowest BCUT2D eigenvalue weighted by atomic mass is 9.86. The van der Waals surface area contributed by atoms with Gasteiger partial charge in [-0.2, -0.15) is 0 Å². The Morgan fingerprint density at radius 2 is 1.56 bits per heavy atom. The number of nitrogens with zero attached hydrogens (tertiary/aromatic N) is 2. The van der Waals surface area contributed by atoms with Crippen LogP contribution in [0.5, 0.6) is 17.2 Å². The molecule has 232 valence electrons. The van der Waals surface area contributed by atoms with Gasteiger partial charge in [0.15, 0.2) is 6.10 Å². The van der Waals surface area contributed by atoms with Crippen molar-refractivity contribution in [1.82, 2.24) is 9.62 Å². The number of benzene rings is 3. The minimum Gasteiger partial charge on any atom is -0.497 e. The Morgan fingerprint density at radius 3 is 2.14 bits per heavy atom. The number of ether oxygens (including phenoxy) is 3. The molecule has 1 heterocycles. The van der Waals surface area contributed by atoms with Crippen LogP contribution < -0.4 is 23.8 Å². The molecule has 1 N–H and O–H groups in total. The van der Waals surface area contributed by atoms with E-state index in [1.807, 2.05) is 26.8 Å². The Hall–Kier alpha value is -3.81. The molecule has 3 aromatic rings. The zero-order chi connectivity index (χ0) is 31.6. The van der Waals surface area contributed by atoms with Crippen molar-refractivity contribution in [2.24, 2.45) is 0 Å². The molecule has 0 aliphatic carbocycles. The molecule has 4 rings (SSSR count). The molecule has 1 atom stereocenters. The molecule has 3 aromatic carbocycles. The average molecular weight is 632 g/mol. The summed E-state index contributed by atoms with van der Waals surface area (Å²) >= 11 is 0. The maximum atomic E-state index is 13.9. The minimum absolute atomic E-state index is 0.0549. The van der Waals surface area contributed by atoms with Gasteiger partial charge in [-0.3, -0.25) is 9.10 Å². The van der Waals surface area contributed by atoms with Crippen molar-refractivity contribution in [3.05, 3.63) is 72.3 Å². The van der Waals surface area contributed by atoms with Crippen molar-refractivity contribution < 1.29 is 35.8 Å². The third-order valence-electron chi connectivity index (χ3n) is 6.91. The van der Waals surface area contributed by atoms with Crippen LogP contribution in [0.3, 0.4) is 0 Å². The van der Waals surface area contributed by atoms with Gasteiger partial charge in [-0.05, 0) is 71.6 Å². The molecule has 1 unspecified atom stereocenters. The Bertz CT molecular complexity index is 1670. The zero-order valence-electron chi connectivity index (χ0n) is 25.0. The predicted molar refractivity (Wildman–Crippen MR) is 163 cm³/mol. The molecule has 11 nitrogen and oxygen atoms in total. The standard InChI is InChI=1S/C30H37N3O8S2/c1-30(2,3)21-7-16-27-26(19-21)33(43(37,38)25-12-8-22(39-6)9-13-25)20-28(41-27)29(34)31-17-18-40-23-10-14-24(15-11-23)42(35,36)32(4)5/h7-16,19,28H,17-18,20H2,1-6H3,(H,31,34). The number of sulfonamides is 2. The van der Waals surface area contributed by atoms with Gasteiger partial charge in [0.1, 0.15) is 23.9 Å². The van der Waals surface area contributed by atoms with Crippen LogP contribution in [-0.4, -0.2) is 74.1 Å². The van der Waals surface area contributed by atoms with Crippen molar-refractivity contribution in [2.75, 3.05) is 45.2 Å². The smallest absolute Gasteiger partial charge is 0.264 e. The summed E-state index contributed by atoms with van der Waals surface area (Å²) in [7, 11) is -3.21. The molecule has 1 amide bonds. The molecule has 0 saturated carbocycles. The largest absolute Gasteiger partial charge is 0.497 e.